The average Bonchev–Trinajstić information content (AvgIpc) is 2.59. The van der Waals surface area contributed by atoms with Crippen LogP contribution in [0.4, 0.5) is 13.2 Å². The van der Waals surface area contributed by atoms with Crippen molar-refractivity contribution in [3.8, 4) is 0 Å². The minimum Gasteiger partial charge on any atom is -0.473 e. The van der Waals surface area contributed by atoms with E-state index in [1.54, 1.807) is 14.0 Å². The molecule has 11 heteroatoms. The maximum atomic E-state index is 12.7. The lowest BCUT2D eigenvalue weighted by Gasteiger charge is -2.11. The summed E-state index contributed by atoms with van der Waals surface area (Å²) in [6.07, 6.45) is -4.42. The highest BCUT2D eigenvalue weighted by Gasteiger charge is 2.30. The van der Waals surface area contributed by atoms with Crippen molar-refractivity contribution in [2.75, 3.05) is 14.2 Å². The average molecular weight is 391 g/mol. The van der Waals surface area contributed by atoms with Gasteiger partial charge in [-0.15, -0.1) is 0 Å². The van der Waals surface area contributed by atoms with Crippen molar-refractivity contribution in [1.82, 2.24) is 16.2 Å². The van der Waals surface area contributed by atoms with Gasteiger partial charge in [0.25, 0.3) is 5.17 Å². The fourth-order valence-corrected chi connectivity index (χ4v) is 1.65. The molecule has 0 aliphatic carbocycles. The number of thiocarbonyl (C=S) groups is 2. The molecule has 0 amide bonds. The fourth-order valence-electron chi connectivity index (χ4n) is 1.56. The molecule has 0 fully saturated rings. The Kier molecular flexibility index (Phi) is 7.71. The first-order chi connectivity index (χ1) is 11.7. The van der Waals surface area contributed by atoms with E-state index in [4.69, 9.17) is 29.2 Å². The Bertz CT molecular complexity index is 687. The molecule has 0 radical (unpaired) electrons. The van der Waals surface area contributed by atoms with E-state index in [1.807, 2.05) is 0 Å². The van der Waals surface area contributed by atoms with Crippen LogP contribution in [0, 0.1) is 0 Å². The van der Waals surface area contributed by atoms with Crippen molar-refractivity contribution in [3.63, 3.8) is 0 Å². The molecule has 0 aromatic heterocycles. The SMILES string of the molecule is CNC(=S)N/N=C(/C(C)=N/NC(=S)OC)c1ccc(C(F)(F)F)cc1. The molecular weight excluding hydrogens is 375 g/mol. The lowest BCUT2D eigenvalue weighted by Crippen LogP contribution is -2.31. The van der Waals surface area contributed by atoms with Crippen molar-refractivity contribution in [3.05, 3.63) is 35.4 Å². The summed E-state index contributed by atoms with van der Waals surface area (Å²) >= 11 is 9.74. The second-order valence-electron chi connectivity index (χ2n) is 4.53. The molecule has 0 heterocycles. The number of hydrogen-bond donors (Lipinski definition) is 3. The minimum atomic E-state index is -4.42. The van der Waals surface area contributed by atoms with Crippen LogP contribution in [0.5, 0.6) is 0 Å². The van der Waals surface area contributed by atoms with Gasteiger partial charge >= 0.3 is 6.18 Å². The molecule has 1 rings (SSSR count). The highest BCUT2D eigenvalue weighted by molar-refractivity contribution is 7.80. The molecule has 0 aliphatic heterocycles. The number of benzene rings is 1. The van der Waals surface area contributed by atoms with Gasteiger partial charge in [-0.1, -0.05) is 12.1 Å². The van der Waals surface area contributed by atoms with Crippen LogP contribution < -0.4 is 16.2 Å². The van der Waals surface area contributed by atoms with Gasteiger partial charge in [-0.05, 0) is 43.5 Å². The monoisotopic (exact) mass is 391 g/mol. The maximum absolute atomic E-state index is 12.7. The summed E-state index contributed by atoms with van der Waals surface area (Å²) in [5, 5.41) is 11.0. The van der Waals surface area contributed by atoms with Gasteiger partial charge in [-0.3, -0.25) is 5.43 Å². The van der Waals surface area contributed by atoms with E-state index < -0.39 is 11.7 Å². The number of ether oxygens (including phenoxy) is 1. The normalized spacial score (nSPS) is 12.4. The number of halogens is 3. The summed E-state index contributed by atoms with van der Waals surface area (Å²) in [6, 6.07) is 4.50. The molecule has 1 aromatic rings. The molecule has 0 unspecified atom stereocenters. The molecule has 0 bridgehead atoms. The Hall–Kier alpha value is -2.27. The van der Waals surface area contributed by atoms with E-state index in [9.17, 15) is 13.2 Å². The molecule has 3 N–H and O–H groups in total. The third-order valence-corrected chi connectivity index (χ3v) is 3.38. The van der Waals surface area contributed by atoms with Crippen molar-refractivity contribution in [2.45, 2.75) is 13.1 Å². The largest absolute Gasteiger partial charge is 0.473 e. The zero-order chi connectivity index (χ0) is 19.0. The van der Waals surface area contributed by atoms with Crippen LogP contribution in [0.2, 0.25) is 0 Å². The molecule has 0 aliphatic rings. The number of methoxy groups -OCH3 is 1. The molecule has 136 valence electrons. The van der Waals surface area contributed by atoms with Gasteiger partial charge in [0, 0.05) is 12.6 Å². The van der Waals surface area contributed by atoms with Gasteiger partial charge in [-0.2, -0.15) is 23.4 Å². The molecule has 0 saturated carbocycles. The van der Waals surface area contributed by atoms with Crippen LogP contribution in [-0.4, -0.2) is 35.9 Å². The summed E-state index contributed by atoms with van der Waals surface area (Å²) in [7, 11) is 2.97. The van der Waals surface area contributed by atoms with Crippen molar-refractivity contribution >= 4 is 46.1 Å². The number of rotatable bonds is 4. The second-order valence-corrected chi connectivity index (χ2v) is 5.31. The third-order valence-electron chi connectivity index (χ3n) is 2.82. The lowest BCUT2D eigenvalue weighted by atomic mass is 10.0. The minimum absolute atomic E-state index is 0.0322. The summed E-state index contributed by atoms with van der Waals surface area (Å²) in [5.41, 5.74) is 5.33. The molecular formula is C14H16F3N5OS2. The van der Waals surface area contributed by atoms with Crippen LogP contribution >= 0.6 is 24.4 Å². The van der Waals surface area contributed by atoms with Crippen molar-refractivity contribution in [1.29, 1.82) is 0 Å². The van der Waals surface area contributed by atoms with Gasteiger partial charge in [0.2, 0.25) is 0 Å². The van der Waals surface area contributed by atoms with E-state index in [2.05, 4.69) is 26.4 Å². The fraction of sp³-hybridized carbons (Fsp3) is 0.286. The molecule has 0 saturated heterocycles. The molecule has 0 atom stereocenters. The Morgan fingerprint density at radius 2 is 1.68 bits per heavy atom. The van der Waals surface area contributed by atoms with E-state index in [1.165, 1.54) is 19.2 Å². The van der Waals surface area contributed by atoms with Crippen LogP contribution in [0.3, 0.4) is 0 Å². The van der Waals surface area contributed by atoms with E-state index in [-0.39, 0.29) is 16.0 Å². The Morgan fingerprint density at radius 1 is 1.08 bits per heavy atom. The van der Waals surface area contributed by atoms with Crippen LogP contribution in [0.15, 0.2) is 34.5 Å². The number of hydrogen-bond acceptors (Lipinski definition) is 5. The van der Waals surface area contributed by atoms with Gasteiger partial charge in [0.15, 0.2) is 5.11 Å². The summed E-state index contributed by atoms with van der Waals surface area (Å²) in [5.74, 6) is 0. The quantitative estimate of drug-likeness (QED) is 0.416. The van der Waals surface area contributed by atoms with Gasteiger partial charge in [0.05, 0.1) is 18.4 Å². The number of nitrogens with zero attached hydrogens (tertiary/aromatic N) is 2. The first kappa shape index (κ1) is 20.8. The van der Waals surface area contributed by atoms with Gasteiger partial charge in [-0.25, -0.2) is 5.43 Å². The van der Waals surface area contributed by atoms with Crippen LogP contribution in [0.25, 0.3) is 0 Å². The predicted molar refractivity (Wildman–Crippen MR) is 98.6 cm³/mol. The zero-order valence-corrected chi connectivity index (χ0v) is 15.2. The number of nitrogens with one attached hydrogen (secondary N) is 3. The number of hydrazone groups is 2. The highest BCUT2D eigenvalue weighted by atomic mass is 32.1. The van der Waals surface area contributed by atoms with Crippen molar-refractivity contribution in [2.24, 2.45) is 10.2 Å². The highest BCUT2D eigenvalue weighted by Crippen LogP contribution is 2.29. The predicted octanol–water partition coefficient (Wildman–Crippen LogP) is 2.40. The maximum Gasteiger partial charge on any atom is 0.416 e. The summed E-state index contributed by atoms with van der Waals surface area (Å²) in [6.45, 7) is 1.60. The first-order valence-electron chi connectivity index (χ1n) is 6.80. The van der Waals surface area contributed by atoms with E-state index in [0.717, 1.165) is 12.1 Å². The third kappa shape index (κ3) is 6.63. The van der Waals surface area contributed by atoms with Gasteiger partial charge in [0.1, 0.15) is 5.71 Å². The topological polar surface area (TPSA) is 70.0 Å². The molecule has 25 heavy (non-hydrogen) atoms. The van der Waals surface area contributed by atoms with Crippen molar-refractivity contribution < 1.29 is 17.9 Å². The Morgan fingerprint density at radius 3 is 2.16 bits per heavy atom. The smallest absolute Gasteiger partial charge is 0.416 e. The van der Waals surface area contributed by atoms with Crippen LogP contribution in [0.1, 0.15) is 18.1 Å². The Labute approximate surface area is 153 Å². The molecule has 0 spiro atoms. The number of alkyl halides is 3. The zero-order valence-electron chi connectivity index (χ0n) is 13.6. The summed E-state index contributed by atoms with van der Waals surface area (Å²) in [4.78, 5) is 0. The Balaban J connectivity index is 3.18. The summed E-state index contributed by atoms with van der Waals surface area (Å²) < 4.78 is 42.8. The van der Waals surface area contributed by atoms with Crippen LogP contribution in [-0.2, 0) is 10.9 Å². The second kappa shape index (κ2) is 9.28. The van der Waals surface area contributed by atoms with E-state index in [0.29, 0.717) is 11.3 Å². The van der Waals surface area contributed by atoms with E-state index >= 15 is 0 Å². The molecule has 6 nitrogen and oxygen atoms in total. The molecule has 1 aromatic carbocycles. The standard InChI is InChI=1S/C14H16F3N5OS2/c1-8(19-22-13(25)23-3)11(20-21-12(24)18-2)9-4-6-10(7-5-9)14(15,16)17/h4-7H,1-3H3,(H,22,25)(H2,18,21,24)/b19-8+,20-11-. The first-order valence-corrected chi connectivity index (χ1v) is 7.62. The van der Waals surface area contributed by atoms with Gasteiger partial charge < -0.3 is 10.1 Å². The lowest BCUT2D eigenvalue weighted by molar-refractivity contribution is -0.137.